The Morgan fingerprint density at radius 1 is 0.766 bits per heavy atom. The van der Waals surface area contributed by atoms with Gasteiger partial charge in [-0.15, -0.1) is 0 Å². The average molecular weight is 642 g/mol. The first-order valence-electron chi connectivity index (χ1n) is 16.4. The lowest BCUT2D eigenvalue weighted by Gasteiger charge is -2.28. The van der Waals surface area contributed by atoms with Crippen molar-refractivity contribution in [1.82, 2.24) is 4.90 Å². The smallest absolute Gasteiger partial charge is 0.410 e. The van der Waals surface area contributed by atoms with Gasteiger partial charge in [-0.3, -0.25) is 14.6 Å². The van der Waals surface area contributed by atoms with E-state index in [4.69, 9.17) is 14.2 Å². The highest BCUT2D eigenvalue weighted by molar-refractivity contribution is 6.06. The van der Waals surface area contributed by atoms with Gasteiger partial charge in [0.25, 0.3) is 0 Å². The topological polar surface area (TPSA) is 88.6 Å². The lowest BCUT2D eigenvalue weighted by molar-refractivity contribution is -0.161. The summed E-state index contributed by atoms with van der Waals surface area (Å²) in [4.78, 5) is 45.3. The first kappa shape index (κ1) is 33.8. The Kier molecular flexibility index (Phi) is 10.1. The number of urea groups is 1. The van der Waals surface area contributed by atoms with Gasteiger partial charge in [-0.1, -0.05) is 48.5 Å². The standard InChI is InChI=1S/C38H47N3O6/c1-37(2,3)46-34(42)33(29-18-19-39(25-29)36(44)47-38(4,5)6)23-28-14-10-15-30(22-28)40-20-21-41(35(40)43)31-16-11-17-32(24-31)45-26-27-12-8-7-9-13-27/h7-17,22,24,29,33H,18-21,23,25-26H2,1-6H3/t29-,33?/m0/s1. The number of hydrogen-bond donors (Lipinski definition) is 0. The fraction of sp³-hybridized carbons (Fsp3) is 0.447. The summed E-state index contributed by atoms with van der Waals surface area (Å²) in [5, 5.41) is 0. The van der Waals surface area contributed by atoms with Crippen LogP contribution in [0.4, 0.5) is 21.0 Å². The van der Waals surface area contributed by atoms with E-state index in [-0.39, 0.29) is 24.0 Å². The molecule has 2 aliphatic rings. The first-order valence-corrected chi connectivity index (χ1v) is 16.4. The van der Waals surface area contributed by atoms with Crippen molar-refractivity contribution in [3.63, 3.8) is 0 Å². The van der Waals surface area contributed by atoms with E-state index < -0.39 is 17.1 Å². The average Bonchev–Trinajstić information content (AvgIpc) is 3.65. The van der Waals surface area contributed by atoms with Crippen LogP contribution in [0.15, 0.2) is 78.9 Å². The van der Waals surface area contributed by atoms with E-state index >= 15 is 0 Å². The lowest BCUT2D eigenvalue weighted by atomic mass is 9.86. The first-order chi connectivity index (χ1) is 22.3. The van der Waals surface area contributed by atoms with Gasteiger partial charge in [0.1, 0.15) is 23.6 Å². The summed E-state index contributed by atoms with van der Waals surface area (Å²) >= 11 is 0. The van der Waals surface area contributed by atoms with Crippen LogP contribution < -0.4 is 14.5 Å². The molecular weight excluding hydrogens is 594 g/mol. The molecular formula is C38H47N3O6. The molecule has 3 aromatic carbocycles. The zero-order valence-corrected chi connectivity index (χ0v) is 28.4. The van der Waals surface area contributed by atoms with Gasteiger partial charge in [-0.05, 0) is 95.7 Å². The molecule has 3 amide bonds. The van der Waals surface area contributed by atoms with Gasteiger partial charge in [-0.25, -0.2) is 9.59 Å². The number of carbonyl (C=O) groups excluding carboxylic acids is 3. The van der Waals surface area contributed by atoms with E-state index in [1.165, 1.54) is 0 Å². The molecule has 0 radical (unpaired) electrons. The zero-order chi connectivity index (χ0) is 33.8. The fourth-order valence-electron chi connectivity index (χ4n) is 6.03. The minimum atomic E-state index is -0.643. The normalized spacial score (nSPS) is 17.5. The van der Waals surface area contributed by atoms with Crippen molar-refractivity contribution in [3.8, 4) is 5.75 Å². The van der Waals surface area contributed by atoms with Gasteiger partial charge in [0.15, 0.2) is 0 Å². The van der Waals surface area contributed by atoms with E-state index in [9.17, 15) is 14.4 Å². The number of anilines is 2. The molecule has 0 N–H and O–H groups in total. The molecule has 250 valence electrons. The van der Waals surface area contributed by atoms with Crippen LogP contribution in [-0.4, -0.2) is 60.4 Å². The lowest BCUT2D eigenvalue weighted by Crippen LogP contribution is -2.38. The SMILES string of the molecule is CC(C)(C)OC(=O)C(Cc1cccc(N2CCN(c3cccc(OCc4ccccc4)c3)C2=O)c1)[C@H]1CCN(C(=O)OC(C)(C)C)C1. The van der Waals surface area contributed by atoms with Crippen molar-refractivity contribution < 1.29 is 28.6 Å². The third kappa shape index (κ3) is 9.05. The van der Waals surface area contributed by atoms with Crippen molar-refractivity contribution in [2.75, 3.05) is 36.0 Å². The minimum Gasteiger partial charge on any atom is -0.489 e. The Labute approximate surface area is 278 Å². The predicted molar refractivity (Wildman–Crippen MR) is 183 cm³/mol. The molecule has 2 fully saturated rings. The number of carbonyl (C=O) groups is 3. The molecule has 0 saturated carbocycles. The van der Waals surface area contributed by atoms with Gasteiger partial charge >= 0.3 is 18.1 Å². The van der Waals surface area contributed by atoms with Crippen LogP contribution in [0, 0.1) is 11.8 Å². The van der Waals surface area contributed by atoms with Crippen LogP contribution in [0.2, 0.25) is 0 Å². The summed E-state index contributed by atoms with van der Waals surface area (Å²) in [7, 11) is 0. The van der Waals surface area contributed by atoms with Gasteiger partial charge in [-0.2, -0.15) is 0 Å². The highest BCUT2D eigenvalue weighted by Crippen LogP contribution is 2.33. The Balaban J connectivity index is 1.28. The molecule has 0 aromatic heterocycles. The van der Waals surface area contributed by atoms with Crippen molar-refractivity contribution in [1.29, 1.82) is 0 Å². The Morgan fingerprint density at radius 2 is 1.38 bits per heavy atom. The van der Waals surface area contributed by atoms with E-state index in [1.807, 2.05) is 120 Å². The molecule has 0 aliphatic carbocycles. The molecule has 9 nitrogen and oxygen atoms in total. The highest BCUT2D eigenvalue weighted by Gasteiger charge is 2.39. The van der Waals surface area contributed by atoms with Gasteiger partial charge in [0, 0.05) is 43.6 Å². The molecule has 2 aliphatic heterocycles. The Bertz CT molecular complexity index is 1560. The van der Waals surface area contributed by atoms with Crippen LogP contribution in [0.5, 0.6) is 5.75 Å². The molecule has 0 bridgehead atoms. The van der Waals surface area contributed by atoms with Crippen molar-refractivity contribution in [2.24, 2.45) is 11.8 Å². The predicted octanol–water partition coefficient (Wildman–Crippen LogP) is 7.47. The highest BCUT2D eigenvalue weighted by atomic mass is 16.6. The number of benzene rings is 3. The third-order valence-electron chi connectivity index (χ3n) is 8.22. The van der Waals surface area contributed by atoms with Crippen molar-refractivity contribution in [3.05, 3.63) is 90.0 Å². The van der Waals surface area contributed by atoms with Crippen molar-refractivity contribution in [2.45, 2.75) is 72.2 Å². The summed E-state index contributed by atoms with van der Waals surface area (Å²) in [6.07, 6.45) is 0.744. The molecule has 47 heavy (non-hydrogen) atoms. The number of rotatable bonds is 9. The van der Waals surface area contributed by atoms with Gasteiger partial charge in [0.05, 0.1) is 5.92 Å². The number of nitrogens with zero attached hydrogens (tertiary/aromatic N) is 3. The quantitative estimate of drug-likeness (QED) is 0.225. The van der Waals surface area contributed by atoms with Gasteiger partial charge < -0.3 is 19.1 Å². The summed E-state index contributed by atoms with van der Waals surface area (Å²) < 4.78 is 17.5. The van der Waals surface area contributed by atoms with E-state index in [0.29, 0.717) is 51.4 Å². The third-order valence-corrected chi connectivity index (χ3v) is 8.22. The minimum absolute atomic E-state index is 0.0821. The van der Waals surface area contributed by atoms with Crippen LogP contribution in [0.1, 0.15) is 59.1 Å². The van der Waals surface area contributed by atoms with E-state index in [2.05, 4.69) is 0 Å². The van der Waals surface area contributed by atoms with E-state index in [1.54, 1.807) is 14.7 Å². The van der Waals surface area contributed by atoms with Crippen molar-refractivity contribution >= 4 is 29.5 Å². The molecule has 2 atom stereocenters. The van der Waals surface area contributed by atoms with E-state index in [0.717, 1.165) is 22.5 Å². The maximum Gasteiger partial charge on any atom is 0.410 e. The summed E-state index contributed by atoms with van der Waals surface area (Å²) in [6, 6.07) is 25.3. The fourth-order valence-corrected chi connectivity index (χ4v) is 6.03. The molecule has 9 heteroatoms. The number of hydrogen-bond acceptors (Lipinski definition) is 6. The second-order valence-corrected chi connectivity index (χ2v) is 14.3. The molecule has 2 saturated heterocycles. The van der Waals surface area contributed by atoms with Crippen LogP contribution in [-0.2, 0) is 27.3 Å². The maximum absolute atomic E-state index is 13.7. The van der Waals surface area contributed by atoms with Crippen LogP contribution >= 0.6 is 0 Å². The largest absolute Gasteiger partial charge is 0.489 e. The molecule has 1 unspecified atom stereocenters. The molecule has 3 aromatic rings. The van der Waals surface area contributed by atoms with Crippen LogP contribution in [0.25, 0.3) is 0 Å². The number of esters is 1. The number of amides is 3. The number of likely N-dealkylation sites (tertiary alicyclic amines) is 1. The second kappa shape index (κ2) is 14.1. The summed E-state index contributed by atoms with van der Waals surface area (Å²) in [6.45, 7) is 13.6. The molecule has 0 spiro atoms. The summed E-state index contributed by atoms with van der Waals surface area (Å²) in [5.74, 6) is -0.121. The number of ether oxygens (including phenoxy) is 3. The second-order valence-electron chi connectivity index (χ2n) is 14.3. The zero-order valence-electron chi connectivity index (χ0n) is 28.4. The monoisotopic (exact) mass is 641 g/mol. The molecule has 5 rings (SSSR count). The van der Waals surface area contributed by atoms with Gasteiger partial charge in [0.2, 0.25) is 0 Å². The molecule has 2 heterocycles. The Morgan fingerprint density at radius 3 is 2.04 bits per heavy atom. The Hall–Kier alpha value is -4.53. The van der Waals surface area contributed by atoms with Crippen LogP contribution in [0.3, 0.4) is 0 Å². The maximum atomic E-state index is 13.7. The summed E-state index contributed by atoms with van der Waals surface area (Å²) in [5.41, 5.74) is 2.31.